The van der Waals surface area contributed by atoms with Gasteiger partial charge in [-0.3, -0.25) is 5.01 Å². The summed E-state index contributed by atoms with van der Waals surface area (Å²) >= 11 is 0. The molecule has 18 heavy (non-hydrogen) atoms. The zero-order chi connectivity index (χ0) is 12.3. The highest BCUT2D eigenvalue weighted by Crippen LogP contribution is 2.18. The molecule has 4 nitrogen and oxygen atoms in total. The van der Waals surface area contributed by atoms with E-state index in [1.165, 1.54) is 5.01 Å². The van der Waals surface area contributed by atoms with Gasteiger partial charge in [-0.1, -0.05) is 24.3 Å². The normalized spacial score (nSPS) is 13.6. The van der Waals surface area contributed by atoms with Crippen LogP contribution in [-0.4, -0.2) is 13.3 Å². The lowest BCUT2D eigenvalue weighted by atomic mass is 10.1. The molecule has 0 unspecified atom stereocenters. The Hall–Kier alpha value is -1.56. The van der Waals surface area contributed by atoms with Crippen LogP contribution < -0.4 is 10.9 Å². The third-order valence-electron chi connectivity index (χ3n) is 2.48. The molecular weight excluding hydrogens is 272 g/mol. The Morgan fingerprint density at radius 3 is 2.28 bits per heavy atom. The second-order valence-electron chi connectivity index (χ2n) is 3.57. The van der Waals surface area contributed by atoms with E-state index in [1.807, 2.05) is 30.3 Å². The summed E-state index contributed by atoms with van der Waals surface area (Å²) in [6.45, 7) is 0. The summed E-state index contributed by atoms with van der Waals surface area (Å²) in [5.41, 5.74) is 1.64. The highest BCUT2D eigenvalue weighted by Gasteiger charge is 2.09. The average molecular weight is 285 g/mol. The maximum Gasteiger partial charge on any atom is 0.217 e. The van der Waals surface area contributed by atoms with Crippen molar-refractivity contribution < 1.29 is 8.42 Å². The summed E-state index contributed by atoms with van der Waals surface area (Å²) in [5.74, 6) is 5.94. The Labute approximate surface area is 113 Å². The van der Waals surface area contributed by atoms with Crippen LogP contribution in [-0.2, 0) is 10.3 Å². The zero-order valence-electron chi connectivity index (χ0n) is 9.48. The molecule has 2 rings (SSSR count). The minimum atomic E-state index is -2.15. The smallest absolute Gasteiger partial charge is 0.217 e. The zero-order valence-corrected chi connectivity index (χ0v) is 11.1. The van der Waals surface area contributed by atoms with Crippen LogP contribution in [0.1, 0.15) is 6.42 Å². The number of anilines is 1. The van der Waals surface area contributed by atoms with Crippen LogP contribution in [0.4, 0.5) is 5.69 Å². The average Bonchev–Trinajstić information content (AvgIpc) is 2.39. The van der Waals surface area contributed by atoms with E-state index in [0.29, 0.717) is 11.3 Å². The van der Waals surface area contributed by atoms with E-state index in [1.54, 1.807) is 18.2 Å². The van der Waals surface area contributed by atoms with Gasteiger partial charge < -0.3 is 0 Å². The molecule has 96 valence electrons. The van der Waals surface area contributed by atoms with Gasteiger partial charge in [0.15, 0.2) is 0 Å². The number of nitrogens with two attached hydrogens (primary N) is 1. The van der Waals surface area contributed by atoms with Crippen molar-refractivity contribution >= 4 is 33.3 Å². The van der Waals surface area contributed by atoms with Crippen molar-refractivity contribution in [1.29, 1.82) is 0 Å². The van der Waals surface area contributed by atoms with Crippen LogP contribution in [0.15, 0.2) is 54.3 Å². The first-order chi connectivity index (χ1) is 8.18. The van der Waals surface area contributed by atoms with Gasteiger partial charge in [0.05, 0.1) is 16.2 Å². The lowest BCUT2D eigenvalue weighted by molar-refractivity contribution is 0.627. The first-order valence-electron chi connectivity index (χ1n) is 5.11. The number of hydrazine groups is 1. The van der Waals surface area contributed by atoms with Crippen molar-refractivity contribution in [2.24, 2.45) is 5.84 Å². The van der Waals surface area contributed by atoms with Crippen molar-refractivity contribution in [2.75, 3.05) is 5.01 Å². The Kier molecular flexibility index (Phi) is 5.15. The fourth-order valence-corrected chi connectivity index (χ4v) is 1.96. The third kappa shape index (κ3) is 3.22. The van der Waals surface area contributed by atoms with Crippen molar-refractivity contribution in [3.8, 4) is 0 Å². The number of hydrogen-bond donors (Lipinski definition) is 1. The summed E-state index contributed by atoms with van der Waals surface area (Å²) in [4.78, 5) is 0.371. The molecule has 6 heteroatoms. The van der Waals surface area contributed by atoms with E-state index < -0.39 is 10.3 Å². The summed E-state index contributed by atoms with van der Waals surface area (Å²) in [6, 6.07) is 9.48. The fourth-order valence-electron chi connectivity index (χ4n) is 1.56. The van der Waals surface area contributed by atoms with Gasteiger partial charge in [0.1, 0.15) is 0 Å². The minimum Gasteiger partial charge on any atom is -0.280 e. The highest BCUT2D eigenvalue weighted by molar-refractivity contribution is 7.73. The number of benzene rings is 1. The maximum atomic E-state index is 10.7. The molecule has 1 aliphatic carbocycles. The van der Waals surface area contributed by atoms with Gasteiger partial charge in [-0.2, -0.15) is 8.42 Å². The summed E-state index contributed by atoms with van der Waals surface area (Å²) in [7, 11) is -2.15. The molecule has 0 aliphatic heterocycles. The molecule has 0 atom stereocenters. The summed E-state index contributed by atoms with van der Waals surface area (Å²) in [6.07, 6.45) is 5.43. The SMILES string of the molecule is Cl.NN(C1=CCC(=S(=O)=O)C=C1)c1ccccc1. The van der Waals surface area contributed by atoms with Gasteiger partial charge in [-0.05, 0) is 24.3 Å². The lowest BCUT2D eigenvalue weighted by Crippen LogP contribution is -2.30. The largest absolute Gasteiger partial charge is 0.280 e. The van der Waals surface area contributed by atoms with Crippen molar-refractivity contribution in [1.82, 2.24) is 0 Å². The van der Waals surface area contributed by atoms with Gasteiger partial charge in [-0.25, -0.2) is 5.84 Å². The molecule has 0 amide bonds. The van der Waals surface area contributed by atoms with Gasteiger partial charge in [-0.15, -0.1) is 12.4 Å². The molecule has 2 N–H and O–H groups in total. The third-order valence-corrected chi connectivity index (χ3v) is 3.21. The Bertz CT molecular complexity index is 598. The quantitative estimate of drug-likeness (QED) is 0.510. The maximum absolute atomic E-state index is 10.7. The van der Waals surface area contributed by atoms with Crippen LogP contribution in [0.5, 0.6) is 0 Å². The van der Waals surface area contributed by atoms with Crippen molar-refractivity contribution in [2.45, 2.75) is 6.42 Å². The molecule has 1 aromatic rings. The van der Waals surface area contributed by atoms with E-state index in [0.717, 1.165) is 11.4 Å². The highest BCUT2D eigenvalue weighted by atomic mass is 35.5. The molecular formula is C12H13ClN2O2S. The fraction of sp³-hybridized carbons (Fsp3) is 0.0833. The standard InChI is InChI=1S/C12H12N2O2S.ClH/c13-14(10-4-2-1-3-5-10)11-6-8-12(9-7-11)17(15)16;/h1-8H,9,13H2;1H. The number of halogens is 1. The number of rotatable bonds is 2. The molecule has 1 aromatic carbocycles. The van der Waals surface area contributed by atoms with E-state index in [4.69, 9.17) is 5.84 Å². The number of allylic oxidation sites excluding steroid dienone is 3. The molecule has 0 bridgehead atoms. The summed E-state index contributed by atoms with van der Waals surface area (Å²) < 4.78 is 21.5. The van der Waals surface area contributed by atoms with Crippen LogP contribution in [0.2, 0.25) is 0 Å². The minimum absolute atomic E-state index is 0. The molecule has 0 heterocycles. The van der Waals surface area contributed by atoms with Crippen LogP contribution in [0, 0.1) is 0 Å². The van der Waals surface area contributed by atoms with Crippen LogP contribution >= 0.6 is 12.4 Å². The van der Waals surface area contributed by atoms with Crippen LogP contribution in [0.25, 0.3) is 0 Å². The molecule has 1 aliphatic rings. The first-order valence-corrected chi connectivity index (χ1v) is 6.19. The Morgan fingerprint density at radius 2 is 1.78 bits per heavy atom. The Balaban J connectivity index is 0.00000162. The lowest BCUT2D eigenvalue weighted by Gasteiger charge is -2.21. The molecule has 0 aromatic heterocycles. The second kappa shape index (κ2) is 6.39. The monoisotopic (exact) mass is 284 g/mol. The number of para-hydroxylation sites is 1. The van der Waals surface area contributed by atoms with Crippen molar-refractivity contribution in [3.63, 3.8) is 0 Å². The molecule has 0 saturated carbocycles. The van der Waals surface area contributed by atoms with Gasteiger partial charge >= 0.3 is 0 Å². The van der Waals surface area contributed by atoms with Crippen molar-refractivity contribution in [3.05, 3.63) is 54.3 Å². The number of hydrogen-bond acceptors (Lipinski definition) is 4. The molecule has 0 fully saturated rings. The second-order valence-corrected chi connectivity index (χ2v) is 4.57. The summed E-state index contributed by atoms with van der Waals surface area (Å²) in [5, 5.41) is 1.53. The predicted octanol–water partition coefficient (Wildman–Crippen LogP) is 1.68. The van der Waals surface area contributed by atoms with Gasteiger partial charge in [0.2, 0.25) is 10.3 Å². The van der Waals surface area contributed by atoms with E-state index in [-0.39, 0.29) is 12.4 Å². The predicted molar refractivity (Wildman–Crippen MR) is 76.1 cm³/mol. The van der Waals surface area contributed by atoms with Gasteiger partial charge in [0, 0.05) is 6.42 Å². The Morgan fingerprint density at radius 1 is 1.11 bits per heavy atom. The molecule has 0 spiro atoms. The first kappa shape index (κ1) is 14.5. The van der Waals surface area contributed by atoms with E-state index in [9.17, 15) is 8.42 Å². The van der Waals surface area contributed by atoms with E-state index in [2.05, 4.69) is 0 Å². The van der Waals surface area contributed by atoms with E-state index >= 15 is 0 Å². The molecule has 0 saturated heterocycles. The molecule has 0 radical (unpaired) electrons. The van der Waals surface area contributed by atoms with Gasteiger partial charge in [0.25, 0.3) is 0 Å². The van der Waals surface area contributed by atoms with Crippen LogP contribution in [0.3, 0.4) is 0 Å². The topological polar surface area (TPSA) is 63.4 Å². The number of nitrogens with zero attached hydrogens (tertiary/aromatic N) is 1.